The number of aromatic amines is 1. The zero-order chi connectivity index (χ0) is 25.2. The van der Waals surface area contributed by atoms with E-state index in [9.17, 15) is 14.7 Å². The molecule has 190 valence electrons. The Hall–Kier alpha value is -3.23. The summed E-state index contributed by atoms with van der Waals surface area (Å²) in [5.41, 5.74) is 7.25. The summed E-state index contributed by atoms with van der Waals surface area (Å²) >= 11 is 0. The second kappa shape index (κ2) is 10.4. The summed E-state index contributed by atoms with van der Waals surface area (Å²) in [6, 6.07) is 6.90. The molecule has 1 aliphatic carbocycles. The third-order valence-corrected chi connectivity index (χ3v) is 7.65. The monoisotopic (exact) mass is 489 g/mol. The van der Waals surface area contributed by atoms with Crippen LogP contribution < -0.4 is 10.9 Å². The van der Waals surface area contributed by atoms with Crippen LogP contribution in [0, 0.1) is 13.8 Å². The van der Waals surface area contributed by atoms with Crippen molar-refractivity contribution in [1.29, 1.82) is 0 Å². The molecule has 1 fully saturated rings. The van der Waals surface area contributed by atoms with Gasteiger partial charge < -0.3 is 20.3 Å². The average molecular weight is 490 g/mol. The summed E-state index contributed by atoms with van der Waals surface area (Å²) in [4.78, 5) is 29.0. The number of carbonyl (C=O) groups is 1. The van der Waals surface area contributed by atoms with E-state index in [0.717, 1.165) is 58.1 Å². The van der Waals surface area contributed by atoms with Gasteiger partial charge in [-0.25, -0.2) is 0 Å². The fourth-order valence-electron chi connectivity index (χ4n) is 5.67. The molecule has 0 radical (unpaired) electrons. The van der Waals surface area contributed by atoms with E-state index in [2.05, 4.69) is 33.2 Å². The van der Waals surface area contributed by atoms with E-state index < -0.39 is 6.61 Å². The second-order valence-corrected chi connectivity index (χ2v) is 10.1. The molecular weight excluding hydrogens is 454 g/mol. The molecule has 0 unspecified atom stereocenters. The smallest absolute Gasteiger partial charge is 0.252 e. The van der Waals surface area contributed by atoms with Gasteiger partial charge in [-0.3, -0.25) is 14.3 Å². The highest BCUT2D eigenvalue weighted by Gasteiger charge is 2.22. The Labute approximate surface area is 211 Å². The van der Waals surface area contributed by atoms with Crippen molar-refractivity contribution in [1.82, 2.24) is 25.0 Å². The van der Waals surface area contributed by atoms with Gasteiger partial charge in [0.25, 0.3) is 5.56 Å². The first-order chi connectivity index (χ1) is 17.4. The van der Waals surface area contributed by atoms with Crippen LogP contribution in [0.5, 0.6) is 0 Å². The Morgan fingerprint density at radius 3 is 2.69 bits per heavy atom. The molecular formula is C28H35N5O3. The summed E-state index contributed by atoms with van der Waals surface area (Å²) < 4.78 is 2.20. The predicted molar refractivity (Wildman–Crippen MR) is 141 cm³/mol. The fourth-order valence-corrected chi connectivity index (χ4v) is 5.67. The van der Waals surface area contributed by atoms with Gasteiger partial charge in [0.15, 0.2) is 0 Å². The van der Waals surface area contributed by atoms with Gasteiger partial charge in [-0.1, -0.05) is 18.9 Å². The van der Waals surface area contributed by atoms with Gasteiger partial charge >= 0.3 is 0 Å². The van der Waals surface area contributed by atoms with Gasteiger partial charge in [-0.05, 0) is 73.6 Å². The van der Waals surface area contributed by atoms with Crippen LogP contribution >= 0.6 is 0 Å². The number of aliphatic hydroxyl groups is 1. The van der Waals surface area contributed by atoms with Crippen molar-refractivity contribution < 1.29 is 9.90 Å². The lowest BCUT2D eigenvalue weighted by Gasteiger charge is -2.26. The topological polar surface area (TPSA) is 103 Å². The fraction of sp³-hybridized carbons (Fsp3) is 0.464. The number of aryl methyl sites for hydroxylation is 2. The van der Waals surface area contributed by atoms with Crippen molar-refractivity contribution in [2.75, 3.05) is 19.7 Å². The third kappa shape index (κ3) is 4.88. The molecule has 0 bridgehead atoms. The molecule has 8 nitrogen and oxygen atoms in total. The van der Waals surface area contributed by atoms with Crippen LogP contribution in [0.25, 0.3) is 16.5 Å². The van der Waals surface area contributed by atoms with Gasteiger partial charge in [0.1, 0.15) is 6.61 Å². The number of pyridine rings is 1. The summed E-state index contributed by atoms with van der Waals surface area (Å²) in [6.45, 7) is 5.65. The van der Waals surface area contributed by atoms with Crippen LogP contribution in [0.2, 0.25) is 0 Å². The van der Waals surface area contributed by atoms with E-state index in [4.69, 9.17) is 5.10 Å². The number of nitrogens with zero attached hydrogens (tertiary/aromatic N) is 3. The average Bonchev–Trinajstić information content (AvgIpc) is 3.55. The van der Waals surface area contributed by atoms with Crippen molar-refractivity contribution in [3.8, 4) is 0 Å². The molecule has 3 aromatic rings. The molecule has 5 rings (SSSR count). The van der Waals surface area contributed by atoms with Crippen molar-refractivity contribution in [2.45, 2.75) is 65.1 Å². The summed E-state index contributed by atoms with van der Waals surface area (Å²) in [7, 11) is 0. The van der Waals surface area contributed by atoms with E-state index in [1.54, 1.807) is 4.90 Å². The van der Waals surface area contributed by atoms with Crippen LogP contribution in [0.15, 0.2) is 35.3 Å². The predicted octanol–water partition coefficient (Wildman–Crippen LogP) is 3.35. The minimum atomic E-state index is -0.450. The quantitative estimate of drug-likeness (QED) is 0.472. The van der Waals surface area contributed by atoms with Crippen LogP contribution in [-0.4, -0.2) is 50.4 Å². The number of fused-ring (bicyclic) bond motifs is 1. The molecule has 3 heterocycles. The van der Waals surface area contributed by atoms with E-state index in [1.807, 2.05) is 26.1 Å². The molecule has 0 saturated heterocycles. The van der Waals surface area contributed by atoms with E-state index >= 15 is 0 Å². The number of rotatable bonds is 7. The maximum Gasteiger partial charge on any atom is 0.252 e. The number of amides is 1. The number of hydrogen-bond donors (Lipinski definition) is 3. The standard InChI is InChI=1S/C28H35N5O3/c1-18-11-19(2)31-28(36)24(18)15-29-14-22-12-21(20-7-9-32(10-8-20)27(35)17-34)13-26-25(22)16-30-33(26)23-5-3-4-6-23/h7,11-13,16,23,29,34H,3-6,8-10,14-15,17H2,1-2H3,(H,31,36). The van der Waals surface area contributed by atoms with E-state index in [0.29, 0.717) is 32.2 Å². The van der Waals surface area contributed by atoms with Gasteiger partial charge in [0.05, 0.1) is 17.8 Å². The number of H-pyrrole nitrogens is 1. The molecule has 2 aliphatic rings. The minimum Gasteiger partial charge on any atom is -0.387 e. The molecule has 1 aliphatic heterocycles. The normalized spacial score (nSPS) is 16.6. The summed E-state index contributed by atoms with van der Waals surface area (Å²) in [6.07, 6.45) is 9.63. The third-order valence-electron chi connectivity index (χ3n) is 7.65. The van der Waals surface area contributed by atoms with Crippen LogP contribution in [0.4, 0.5) is 0 Å². The molecule has 36 heavy (non-hydrogen) atoms. The van der Waals surface area contributed by atoms with Crippen molar-refractivity contribution in [3.05, 3.63) is 68.8 Å². The second-order valence-electron chi connectivity index (χ2n) is 10.1. The van der Waals surface area contributed by atoms with Crippen molar-refractivity contribution >= 4 is 22.4 Å². The van der Waals surface area contributed by atoms with Gasteiger partial charge in [0.2, 0.25) is 5.91 Å². The molecule has 8 heteroatoms. The molecule has 3 N–H and O–H groups in total. The Kier molecular flexibility index (Phi) is 7.07. The molecule has 0 spiro atoms. The van der Waals surface area contributed by atoms with Crippen molar-refractivity contribution in [2.24, 2.45) is 0 Å². The maximum absolute atomic E-state index is 12.5. The van der Waals surface area contributed by atoms with Crippen LogP contribution in [-0.2, 0) is 17.9 Å². The number of hydrogen-bond acceptors (Lipinski definition) is 5. The maximum atomic E-state index is 12.5. The molecule has 2 aromatic heterocycles. The number of carbonyl (C=O) groups excluding carboxylic acids is 1. The van der Waals surface area contributed by atoms with Crippen molar-refractivity contribution in [3.63, 3.8) is 0 Å². The number of benzene rings is 1. The molecule has 1 amide bonds. The SMILES string of the molecule is Cc1cc(C)c(CNCc2cc(C3=CCN(C(=O)CO)CC3)cc3c2cnn3C2CCCC2)c(=O)[nH]1. The van der Waals surface area contributed by atoms with Gasteiger partial charge in [0, 0.05) is 42.8 Å². The largest absolute Gasteiger partial charge is 0.387 e. The Balaban J connectivity index is 1.45. The zero-order valence-electron chi connectivity index (χ0n) is 21.1. The highest BCUT2D eigenvalue weighted by atomic mass is 16.3. The number of aliphatic hydroxyl groups excluding tert-OH is 1. The highest BCUT2D eigenvalue weighted by Crippen LogP contribution is 2.34. The first kappa shape index (κ1) is 24.5. The molecule has 1 saturated carbocycles. The molecule has 0 atom stereocenters. The number of nitrogens with one attached hydrogen (secondary N) is 2. The lowest BCUT2D eigenvalue weighted by atomic mass is 9.95. The first-order valence-electron chi connectivity index (χ1n) is 12.9. The summed E-state index contributed by atoms with van der Waals surface area (Å²) in [5, 5.41) is 18.6. The number of aromatic nitrogens is 3. The molecule has 1 aromatic carbocycles. The van der Waals surface area contributed by atoms with Crippen LogP contribution in [0.1, 0.15) is 66.1 Å². The Morgan fingerprint density at radius 1 is 1.19 bits per heavy atom. The lowest BCUT2D eigenvalue weighted by Crippen LogP contribution is -2.36. The summed E-state index contributed by atoms with van der Waals surface area (Å²) in [5.74, 6) is -0.230. The van der Waals surface area contributed by atoms with Gasteiger partial charge in [-0.2, -0.15) is 5.10 Å². The Morgan fingerprint density at radius 2 is 2.00 bits per heavy atom. The van der Waals surface area contributed by atoms with Gasteiger partial charge in [-0.15, -0.1) is 0 Å². The Bertz CT molecular complexity index is 1360. The van der Waals surface area contributed by atoms with E-state index in [-0.39, 0.29) is 11.5 Å². The highest BCUT2D eigenvalue weighted by molar-refractivity contribution is 5.87. The van der Waals surface area contributed by atoms with E-state index in [1.165, 1.54) is 18.4 Å². The lowest BCUT2D eigenvalue weighted by molar-refractivity contribution is -0.133. The zero-order valence-corrected chi connectivity index (χ0v) is 21.1. The minimum absolute atomic E-state index is 0.0395. The first-order valence-corrected chi connectivity index (χ1v) is 12.9. The van der Waals surface area contributed by atoms with Crippen LogP contribution in [0.3, 0.4) is 0 Å².